The molecule has 0 fully saturated rings. The van der Waals surface area contributed by atoms with Crippen molar-refractivity contribution >= 4 is 23.6 Å². The van der Waals surface area contributed by atoms with Gasteiger partial charge in [-0.15, -0.1) is 0 Å². The van der Waals surface area contributed by atoms with Crippen LogP contribution in [0.25, 0.3) is 22.3 Å². The number of nitrogens with two attached hydrogens (primary N) is 3. The number of benzene rings is 4. The Morgan fingerprint density at radius 1 is 0.825 bits per heavy atom. The van der Waals surface area contributed by atoms with E-state index in [0.717, 1.165) is 48.9 Å². The first-order valence-corrected chi connectivity index (χ1v) is 21.5. The van der Waals surface area contributed by atoms with Gasteiger partial charge in [-0.05, 0) is 103 Å². The van der Waals surface area contributed by atoms with Crippen LogP contribution in [-0.4, -0.2) is 87.1 Å². The third-order valence-electron chi connectivity index (χ3n) is 10.3. The van der Waals surface area contributed by atoms with Crippen molar-refractivity contribution in [1.29, 1.82) is 5.26 Å². The maximum absolute atomic E-state index is 14.2. The molecule has 4 amide bonds. The summed E-state index contributed by atoms with van der Waals surface area (Å²) in [5, 5.41) is 17.7. The molecule has 3 atom stereocenters. The molecule has 5 rings (SSSR count). The normalized spacial score (nSPS) is 16.0. The second-order valence-electron chi connectivity index (χ2n) is 15.2. The summed E-state index contributed by atoms with van der Waals surface area (Å²) in [6.45, 7) is 7.09. The smallest absolute Gasteiger partial charge is 0.251 e. The highest BCUT2D eigenvalue weighted by molar-refractivity contribution is 5.98. The number of nitriles is 1. The first-order valence-electron chi connectivity index (χ1n) is 21.5. The molecule has 14 nitrogen and oxygen atoms in total. The summed E-state index contributed by atoms with van der Waals surface area (Å²) >= 11 is 0. The summed E-state index contributed by atoms with van der Waals surface area (Å²) in [6, 6.07) is 25.3. The maximum atomic E-state index is 14.2. The van der Waals surface area contributed by atoms with Crippen LogP contribution in [0.5, 0.6) is 11.5 Å². The summed E-state index contributed by atoms with van der Waals surface area (Å²) in [7, 11) is 1.46. The monoisotopic (exact) mass is 858 g/mol. The van der Waals surface area contributed by atoms with E-state index >= 15 is 0 Å². The zero-order valence-electron chi connectivity index (χ0n) is 36.8. The Bertz CT molecular complexity index is 2200. The van der Waals surface area contributed by atoms with Crippen LogP contribution >= 0.6 is 0 Å². The molecular formula is C49H62N8O6. The quantitative estimate of drug-likeness (QED) is 0.0832. The molecule has 0 aliphatic carbocycles. The number of unbranched alkanes of at least 4 members (excludes halogenated alkanes) is 1. The van der Waals surface area contributed by atoms with Gasteiger partial charge < -0.3 is 47.5 Å². The van der Waals surface area contributed by atoms with Crippen LogP contribution in [0.3, 0.4) is 0 Å². The number of allylic oxidation sites excluding steroid dienone is 1. The number of fused-ring (bicyclic) bond motifs is 5. The Kier molecular flexibility index (Phi) is 19.8. The lowest BCUT2D eigenvalue weighted by Gasteiger charge is -2.30. The van der Waals surface area contributed by atoms with Crippen molar-refractivity contribution in [2.24, 2.45) is 17.2 Å². The molecule has 9 N–H and O–H groups in total. The fourth-order valence-corrected chi connectivity index (χ4v) is 6.81. The van der Waals surface area contributed by atoms with Crippen LogP contribution < -0.4 is 42.6 Å². The van der Waals surface area contributed by atoms with Crippen molar-refractivity contribution in [1.82, 2.24) is 20.9 Å². The Balaban J connectivity index is 0.00000209. The highest BCUT2D eigenvalue weighted by Gasteiger charge is 2.32. The molecule has 63 heavy (non-hydrogen) atoms. The van der Waals surface area contributed by atoms with E-state index in [-0.39, 0.29) is 26.3 Å². The number of hydrogen-bond acceptors (Lipinski definition) is 10. The van der Waals surface area contributed by atoms with E-state index in [9.17, 15) is 24.4 Å². The molecule has 0 saturated carbocycles. The van der Waals surface area contributed by atoms with Gasteiger partial charge in [-0.1, -0.05) is 74.9 Å². The molecule has 14 heteroatoms. The van der Waals surface area contributed by atoms with Crippen LogP contribution in [0.1, 0.15) is 73.1 Å². The molecular weight excluding hydrogens is 797 g/mol. The number of amides is 4. The van der Waals surface area contributed by atoms with Gasteiger partial charge in [-0.2, -0.15) is 5.26 Å². The van der Waals surface area contributed by atoms with Crippen molar-refractivity contribution in [3.63, 3.8) is 0 Å². The molecule has 0 saturated heterocycles. The average molecular weight is 859 g/mol. The van der Waals surface area contributed by atoms with Gasteiger partial charge in [-0.3, -0.25) is 19.2 Å². The number of hydrogen-bond donors (Lipinski definition) is 6. The zero-order chi connectivity index (χ0) is 45.7. The minimum Gasteiger partial charge on any atom is -0.492 e. The van der Waals surface area contributed by atoms with E-state index in [0.29, 0.717) is 40.2 Å². The van der Waals surface area contributed by atoms with Gasteiger partial charge in [0.05, 0.1) is 18.7 Å². The van der Waals surface area contributed by atoms with Crippen molar-refractivity contribution in [3.05, 3.63) is 119 Å². The number of nitrogens with zero attached hydrogens (tertiary/aromatic N) is 2. The molecule has 2 unspecified atom stereocenters. The zero-order valence-corrected chi connectivity index (χ0v) is 36.8. The molecule has 0 spiro atoms. The van der Waals surface area contributed by atoms with Gasteiger partial charge in [0.15, 0.2) is 0 Å². The van der Waals surface area contributed by atoms with E-state index in [1.807, 2.05) is 30.3 Å². The number of carbonyl (C=O) groups is 4. The largest absolute Gasteiger partial charge is 0.492 e. The number of aryl methyl sites for hydroxylation is 1. The summed E-state index contributed by atoms with van der Waals surface area (Å²) < 4.78 is 12.2. The SMILES string of the molecule is CCCCc1ccc(-c2ccc(C(=O)NCC(=O)N(C)C3C(=O)N[C@@H](C)C(=O)NC(/C=C/C#N)Cc4ccc(OCCN)c(c4)-c4cc3ccc4OCCN)cc2)cc1.CCCN. The van der Waals surface area contributed by atoms with Gasteiger partial charge >= 0.3 is 0 Å². The molecule has 0 aromatic heterocycles. The number of ether oxygens (including phenoxy) is 2. The Labute approximate surface area is 371 Å². The average Bonchev–Trinajstić information content (AvgIpc) is 3.30. The Morgan fingerprint density at radius 3 is 2.02 bits per heavy atom. The number of carbonyl (C=O) groups excluding carboxylic acids is 4. The minimum atomic E-state index is -1.25. The summed E-state index contributed by atoms with van der Waals surface area (Å²) in [6.07, 6.45) is 7.59. The molecule has 1 aliphatic heterocycles. The van der Waals surface area contributed by atoms with Crippen LogP contribution in [0.2, 0.25) is 0 Å². The van der Waals surface area contributed by atoms with E-state index < -0.39 is 48.3 Å². The number of likely N-dealkylation sites (N-methyl/N-ethyl adjacent to an activating group) is 1. The second kappa shape index (κ2) is 25.4. The predicted octanol–water partition coefficient (Wildman–Crippen LogP) is 4.95. The lowest BCUT2D eigenvalue weighted by Crippen LogP contribution is -2.52. The number of rotatable bonds is 16. The molecule has 0 radical (unpaired) electrons. The number of nitrogens with one attached hydrogen (secondary N) is 3. The van der Waals surface area contributed by atoms with Gasteiger partial charge in [-0.25, -0.2) is 0 Å². The van der Waals surface area contributed by atoms with Gasteiger partial charge in [0.1, 0.15) is 36.8 Å². The summed E-state index contributed by atoms with van der Waals surface area (Å²) in [4.78, 5) is 56.1. The summed E-state index contributed by atoms with van der Waals surface area (Å²) in [5.41, 5.74) is 22.7. The van der Waals surface area contributed by atoms with E-state index in [1.54, 1.807) is 42.5 Å². The lowest BCUT2D eigenvalue weighted by atomic mass is 9.93. The standard InChI is InChI=1S/C46H53N7O6.C3H9N/c1-4-5-7-31-9-12-33(13-10-31)34-14-16-35(17-15-34)45(56)50-29-42(54)53(3)43-36-18-20-41(59-25-23-49)39(28-36)38-27-32(11-19-40(38)58-24-22-48)26-37(8-6-21-47)52-44(55)30(2)51-46(43)57;1-2-3-4/h6,8-20,27-28,30,37,43H,4-5,7,22-26,29,48-49H2,1-3H3,(H,50,56)(H,51,57)(H,52,55);2-4H2,1H3/b8-6+;/t30-,37?,43?;/m0./s1. The Morgan fingerprint density at radius 2 is 1.43 bits per heavy atom. The van der Waals surface area contributed by atoms with Crippen LogP contribution in [0.4, 0.5) is 0 Å². The highest BCUT2D eigenvalue weighted by Crippen LogP contribution is 2.40. The third-order valence-corrected chi connectivity index (χ3v) is 10.3. The molecule has 4 bridgehead atoms. The summed E-state index contributed by atoms with van der Waals surface area (Å²) in [5.74, 6) is -1.20. The first kappa shape index (κ1) is 49.1. The van der Waals surface area contributed by atoms with Crippen molar-refractivity contribution < 1.29 is 28.7 Å². The van der Waals surface area contributed by atoms with E-state index in [2.05, 4.69) is 54.1 Å². The molecule has 4 aromatic carbocycles. The first-order chi connectivity index (χ1) is 30.5. The predicted molar refractivity (Wildman–Crippen MR) is 247 cm³/mol. The van der Waals surface area contributed by atoms with Gasteiger partial charge in [0.2, 0.25) is 17.7 Å². The third kappa shape index (κ3) is 14.3. The molecule has 1 aliphatic rings. The second-order valence-corrected chi connectivity index (χ2v) is 15.2. The topological polar surface area (TPSA) is 228 Å². The fraction of sp³-hybridized carbons (Fsp3) is 0.367. The van der Waals surface area contributed by atoms with Crippen molar-refractivity contribution in [2.45, 2.75) is 71.0 Å². The van der Waals surface area contributed by atoms with Crippen LogP contribution in [0, 0.1) is 11.3 Å². The fourth-order valence-electron chi connectivity index (χ4n) is 6.81. The van der Waals surface area contributed by atoms with E-state index in [1.165, 1.54) is 30.5 Å². The van der Waals surface area contributed by atoms with Crippen molar-refractivity contribution in [3.8, 4) is 39.8 Å². The van der Waals surface area contributed by atoms with Gasteiger partial charge in [0, 0.05) is 42.9 Å². The highest BCUT2D eigenvalue weighted by atomic mass is 16.5. The molecule has 4 aromatic rings. The van der Waals surface area contributed by atoms with Crippen LogP contribution in [0.15, 0.2) is 97.1 Å². The minimum absolute atomic E-state index is 0.201. The van der Waals surface area contributed by atoms with E-state index in [4.69, 9.17) is 26.7 Å². The van der Waals surface area contributed by atoms with Gasteiger partial charge in [0.25, 0.3) is 5.91 Å². The molecule has 1 heterocycles. The molecule has 334 valence electrons. The maximum Gasteiger partial charge on any atom is 0.251 e. The Hall–Kier alpha value is -6.53. The van der Waals surface area contributed by atoms with Crippen molar-refractivity contribution in [2.75, 3.05) is 46.4 Å². The van der Waals surface area contributed by atoms with Crippen LogP contribution in [-0.2, 0) is 27.2 Å². The lowest BCUT2D eigenvalue weighted by molar-refractivity contribution is -0.139.